The topological polar surface area (TPSA) is 63.0 Å². The molecule has 1 aromatic heterocycles. The van der Waals surface area contributed by atoms with Crippen LogP contribution in [0.5, 0.6) is 0 Å². The molecule has 1 aromatic carbocycles. The van der Waals surface area contributed by atoms with E-state index >= 15 is 0 Å². The van der Waals surface area contributed by atoms with Crippen LogP contribution in [0.25, 0.3) is 0 Å². The van der Waals surface area contributed by atoms with Crippen molar-refractivity contribution in [3.8, 4) is 6.07 Å². The molecule has 92 valence electrons. The fourth-order valence-electron chi connectivity index (χ4n) is 1.96. The molecule has 3 nitrogen and oxygen atoms in total. The Hall–Kier alpha value is -2.28. The van der Waals surface area contributed by atoms with Crippen molar-refractivity contribution in [3.05, 3.63) is 53.7 Å². The van der Waals surface area contributed by atoms with E-state index in [0.29, 0.717) is 23.4 Å². The van der Waals surface area contributed by atoms with Gasteiger partial charge in [-0.15, -0.1) is 0 Å². The second kappa shape index (κ2) is 4.53. The summed E-state index contributed by atoms with van der Waals surface area (Å²) < 4.78 is 18.5. The molecule has 2 rings (SSSR count). The van der Waals surface area contributed by atoms with Crippen LogP contribution in [0.4, 0.5) is 10.1 Å². The predicted molar refractivity (Wildman–Crippen MR) is 66.2 cm³/mol. The number of furan rings is 1. The molecule has 0 amide bonds. The molecule has 0 aliphatic rings. The quantitative estimate of drug-likeness (QED) is 0.844. The number of nitriles is 1. The minimum Gasteiger partial charge on any atom is -0.469 e. The number of hydrogen-bond donors (Lipinski definition) is 1. The smallest absolute Gasteiger partial charge is 0.123 e. The van der Waals surface area contributed by atoms with Crippen molar-refractivity contribution in [1.29, 1.82) is 5.26 Å². The Bertz CT molecular complexity index is 586. The number of hydrogen-bond acceptors (Lipinski definition) is 3. The molecule has 0 spiro atoms. The maximum atomic E-state index is 13.3. The standard InChI is InChI=1S/C14H13FN2O/c1-14(9-16,8-11-3-2-6-18-11)12-7-10(15)4-5-13(12)17/h2-7H,8,17H2,1H3. The fourth-order valence-corrected chi connectivity index (χ4v) is 1.96. The lowest BCUT2D eigenvalue weighted by atomic mass is 9.79. The first kappa shape index (κ1) is 12.2. The summed E-state index contributed by atoms with van der Waals surface area (Å²) in [5.41, 5.74) is 5.82. The zero-order valence-corrected chi connectivity index (χ0v) is 9.98. The van der Waals surface area contributed by atoms with E-state index in [1.807, 2.05) is 0 Å². The van der Waals surface area contributed by atoms with E-state index in [-0.39, 0.29) is 0 Å². The van der Waals surface area contributed by atoms with Gasteiger partial charge in [-0.05, 0) is 42.8 Å². The Morgan fingerprint density at radius 1 is 1.44 bits per heavy atom. The monoisotopic (exact) mass is 244 g/mol. The number of nitrogens with zero attached hydrogens (tertiary/aromatic N) is 1. The van der Waals surface area contributed by atoms with Crippen molar-refractivity contribution in [1.82, 2.24) is 0 Å². The number of nitrogen functional groups attached to an aromatic ring is 1. The number of benzene rings is 1. The summed E-state index contributed by atoms with van der Waals surface area (Å²) >= 11 is 0. The normalized spacial score (nSPS) is 13.8. The Balaban J connectivity index is 2.43. The van der Waals surface area contributed by atoms with Crippen molar-refractivity contribution in [2.75, 3.05) is 5.73 Å². The van der Waals surface area contributed by atoms with E-state index in [9.17, 15) is 9.65 Å². The van der Waals surface area contributed by atoms with Crippen LogP contribution in [0, 0.1) is 17.1 Å². The van der Waals surface area contributed by atoms with Gasteiger partial charge < -0.3 is 10.2 Å². The number of nitrogens with two attached hydrogens (primary N) is 1. The third-order valence-electron chi connectivity index (χ3n) is 2.96. The van der Waals surface area contributed by atoms with Gasteiger partial charge in [0.05, 0.1) is 17.7 Å². The van der Waals surface area contributed by atoms with E-state index < -0.39 is 11.2 Å². The minimum atomic E-state index is -0.913. The highest BCUT2D eigenvalue weighted by Gasteiger charge is 2.30. The van der Waals surface area contributed by atoms with Crippen LogP contribution in [-0.2, 0) is 11.8 Å². The van der Waals surface area contributed by atoms with Crippen molar-refractivity contribution in [3.63, 3.8) is 0 Å². The van der Waals surface area contributed by atoms with Gasteiger partial charge in [-0.1, -0.05) is 0 Å². The van der Waals surface area contributed by atoms with Crippen LogP contribution in [0.1, 0.15) is 18.2 Å². The first-order chi connectivity index (χ1) is 8.55. The van der Waals surface area contributed by atoms with Gasteiger partial charge in [-0.3, -0.25) is 0 Å². The number of anilines is 1. The molecule has 18 heavy (non-hydrogen) atoms. The summed E-state index contributed by atoms with van der Waals surface area (Å²) in [4.78, 5) is 0. The van der Waals surface area contributed by atoms with Gasteiger partial charge in [-0.25, -0.2) is 4.39 Å². The van der Waals surface area contributed by atoms with Gasteiger partial charge in [0.2, 0.25) is 0 Å². The Kier molecular flexibility index (Phi) is 3.07. The van der Waals surface area contributed by atoms with E-state index in [0.717, 1.165) is 0 Å². The molecule has 0 saturated heterocycles. The lowest BCUT2D eigenvalue weighted by Gasteiger charge is -2.22. The molecule has 0 fully saturated rings. The molecule has 1 heterocycles. The van der Waals surface area contributed by atoms with E-state index in [4.69, 9.17) is 10.2 Å². The molecule has 2 aromatic rings. The van der Waals surface area contributed by atoms with Crippen LogP contribution in [0.2, 0.25) is 0 Å². The highest BCUT2D eigenvalue weighted by atomic mass is 19.1. The molecule has 1 atom stereocenters. The van der Waals surface area contributed by atoms with Crippen LogP contribution in [-0.4, -0.2) is 0 Å². The van der Waals surface area contributed by atoms with Gasteiger partial charge in [0.15, 0.2) is 0 Å². The first-order valence-electron chi connectivity index (χ1n) is 5.54. The third kappa shape index (κ3) is 2.21. The van der Waals surface area contributed by atoms with Gasteiger partial charge in [0, 0.05) is 12.1 Å². The summed E-state index contributed by atoms with van der Waals surface area (Å²) in [6.45, 7) is 1.72. The van der Waals surface area contributed by atoms with Gasteiger partial charge >= 0.3 is 0 Å². The molecule has 2 N–H and O–H groups in total. The highest BCUT2D eigenvalue weighted by molar-refractivity contribution is 5.53. The van der Waals surface area contributed by atoms with Crippen molar-refractivity contribution in [2.24, 2.45) is 0 Å². The SMILES string of the molecule is CC(C#N)(Cc1ccco1)c1cc(F)ccc1N. The van der Waals surface area contributed by atoms with Gasteiger partial charge in [0.1, 0.15) is 11.6 Å². The summed E-state index contributed by atoms with van der Waals surface area (Å²) in [7, 11) is 0. The predicted octanol–water partition coefficient (Wildman–Crippen LogP) is 3.02. The number of rotatable bonds is 3. The van der Waals surface area contributed by atoms with Crippen LogP contribution in [0.15, 0.2) is 41.0 Å². The van der Waals surface area contributed by atoms with Crippen molar-refractivity contribution >= 4 is 5.69 Å². The van der Waals surface area contributed by atoms with Gasteiger partial charge in [0.25, 0.3) is 0 Å². The van der Waals surface area contributed by atoms with Crippen LogP contribution < -0.4 is 5.73 Å². The van der Waals surface area contributed by atoms with Crippen molar-refractivity contribution in [2.45, 2.75) is 18.8 Å². The van der Waals surface area contributed by atoms with E-state index in [1.165, 1.54) is 18.2 Å². The maximum Gasteiger partial charge on any atom is 0.123 e. The molecule has 0 saturated carbocycles. The summed E-state index contributed by atoms with van der Waals surface area (Å²) in [5.74, 6) is 0.267. The minimum absolute atomic E-state index is 0.351. The van der Waals surface area contributed by atoms with Gasteiger partial charge in [-0.2, -0.15) is 5.26 Å². The third-order valence-corrected chi connectivity index (χ3v) is 2.96. The maximum absolute atomic E-state index is 13.3. The summed E-state index contributed by atoms with van der Waals surface area (Å²) in [6.07, 6.45) is 1.90. The summed E-state index contributed by atoms with van der Waals surface area (Å²) in [6, 6.07) is 9.79. The van der Waals surface area contributed by atoms with Crippen molar-refractivity contribution < 1.29 is 8.81 Å². The molecule has 1 unspecified atom stereocenters. The lowest BCUT2D eigenvalue weighted by molar-refractivity contribution is 0.461. The molecular weight excluding hydrogens is 231 g/mol. The first-order valence-corrected chi connectivity index (χ1v) is 5.54. The Morgan fingerprint density at radius 3 is 2.83 bits per heavy atom. The lowest BCUT2D eigenvalue weighted by Crippen LogP contribution is -2.24. The largest absolute Gasteiger partial charge is 0.469 e. The molecule has 0 aliphatic carbocycles. The highest BCUT2D eigenvalue weighted by Crippen LogP contribution is 2.32. The molecule has 0 aliphatic heterocycles. The average Bonchev–Trinajstić information content (AvgIpc) is 2.84. The second-order valence-electron chi connectivity index (χ2n) is 4.43. The molecule has 0 radical (unpaired) electrons. The molecule has 0 bridgehead atoms. The van der Waals surface area contributed by atoms with Crippen LogP contribution >= 0.6 is 0 Å². The molecular formula is C14H13FN2O. The zero-order chi connectivity index (χ0) is 13.2. The molecule has 4 heteroatoms. The number of halogens is 1. The van der Waals surface area contributed by atoms with E-state index in [1.54, 1.807) is 25.3 Å². The van der Waals surface area contributed by atoms with Crippen LogP contribution in [0.3, 0.4) is 0 Å². The second-order valence-corrected chi connectivity index (χ2v) is 4.43. The zero-order valence-electron chi connectivity index (χ0n) is 9.98. The summed E-state index contributed by atoms with van der Waals surface area (Å²) in [5, 5.41) is 9.38. The Morgan fingerprint density at radius 2 is 2.22 bits per heavy atom. The van der Waals surface area contributed by atoms with E-state index in [2.05, 4.69) is 6.07 Å². The average molecular weight is 244 g/mol. The Labute approximate surface area is 105 Å². The fraction of sp³-hybridized carbons (Fsp3) is 0.214.